The topological polar surface area (TPSA) is 103 Å². The number of benzene rings is 1. The van der Waals surface area contributed by atoms with Crippen LogP contribution in [0.2, 0.25) is 0 Å². The number of phenolic OH excluding ortho intramolecular Hbond substituents is 1. The van der Waals surface area contributed by atoms with Crippen molar-refractivity contribution >= 4 is 17.6 Å². The summed E-state index contributed by atoms with van der Waals surface area (Å²) in [5, 5.41) is 14.2. The summed E-state index contributed by atoms with van der Waals surface area (Å²) in [7, 11) is 2.02. The van der Waals surface area contributed by atoms with Crippen molar-refractivity contribution in [2.24, 2.45) is 5.84 Å². The average Bonchev–Trinajstić information content (AvgIpc) is 3.10. The zero-order chi connectivity index (χ0) is 21.8. The Morgan fingerprint density at radius 2 is 1.68 bits per heavy atom. The molecule has 8 nitrogen and oxygen atoms in total. The summed E-state index contributed by atoms with van der Waals surface area (Å²) >= 11 is 0. The summed E-state index contributed by atoms with van der Waals surface area (Å²) in [6.07, 6.45) is 8.97. The van der Waals surface area contributed by atoms with E-state index in [0.717, 1.165) is 44.6 Å². The Balaban J connectivity index is 1.70. The number of aromatic hydroxyl groups is 1. The van der Waals surface area contributed by atoms with E-state index in [1.165, 1.54) is 42.8 Å². The number of phenols is 1. The molecule has 4 N–H and O–H groups in total. The number of aromatic nitrogens is 3. The molecule has 0 unspecified atom stereocenters. The number of halogens is 1. The number of anilines is 3. The van der Waals surface area contributed by atoms with Gasteiger partial charge in [-0.2, -0.15) is 15.0 Å². The first kappa shape index (κ1) is 21.7. The molecule has 0 spiro atoms. The third-order valence-corrected chi connectivity index (χ3v) is 6.45. The SMILES string of the molecule is CN(c1nc(C2CCCCCC2)nc(N(N)c2ccc(O)c(F)c2)n1)C1CCNCC1. The molecule has 4 rings (SSSR count). The molecule has 1 saturated heterocycles. The summed E-state index contributed by atoms with van der Waals surface area (Å²) in [5.74, 6) is 7.08. The van der Waals surface area contributed by atoms with E-state index in [0.29, 0.717) is 17.7 Å². The number of rotatable bonds is 5. The van der Waals surface area contributed by atoms with Gasteiger partial charge in [0.2, 0.25) is 11.9 Å². The van der Waals surface area contributed by atoms with Crippen molar-refractivity contribution in [3.8, 4) is 5.75 Å². The van der Waals surface area contributed by atoms with Gasteiger partial charge in [-0.3, -0.25) is 0 Å². The molecule has 2 heterocycles. The van der Waals surface area contributed by atoms with E-state index >= 15 is 0 Å². The van der Waals surface area contributed by atoms with Crippen LogP contribution in [-0.2, 0) is 0 Å². The van der Waals surface area contributed by atoms with Crippen LogP contribution in [0.1, 0.15) is 63.1 Å². The van der Waals surface area contributed by atoms with Crippen molar-refractivity contribution < 1.29 is 9.50 Å². The maximum absolute atomic E-state index is 13.9. The molecule has 2 aliphatic rings. The van der Waals surface area contributed by atoms with Crippen LogP contribution in [0.3, 0.4) is 0 Å². The van der Waals surface area contributed by atoms with E-state index in [1.807, 2.05) is 7.05 Å². The third-order valence-electron chi connectivity index (χ3n) is 6.45. The van der Waals surface area contributed by atoms with Crippen molar-refractivity contribution in [1.82, 2.24) is 20.3 Å². The van der Waals surface area contributed by atoms with E-state index in [4.69, 9.17) is 15.8 Å². The molecule has 1 aliphatic carbocycles. The zero-order valence-electron chi connectivity index (χ0n) is 18.1. The van der Waals surface area contributed by atoms with Crippen molar-refractivity contribution in [3.05, 3.63) is 29.8 Å². The molecule has 2 aromatic rings. The van der Waals surface area contributed by atoms with Gasteiger partial charge in [0.05, 0.1) is 5.69 Å². The van der Waals surface area contributed by atoms with Crippen LogP contribution >= 0.6 is 0 Å². The maximum atomic E-state index is 13.9. The van der Waals surface area contributed by atoms with Gasteiger partial charge < -0.3 is 15.3 Å². The van der Waals surface area contributed by atoms with Gasteiger partial charge in [0.1, 0.15) is 5.82 Å². The molecule has 31 heavy (non-hydrogen) atoms. The molecule has 9 heteroatoms. The van der Waals surface area contributed by atoms with E-state index in [2.05, 4.69) is 15.2 Å². The van der Waals surface area contributed by atoms with Gasteiger partial charge in [-0.25, -0.2) is 15.2 Å². The first-order valence-corrected chi connectivity index (χ1v) is 11.3. The number of nitrogens with zero attached hydrogens (tertiary/aromatic N) is 5. The third kappa shape index (κ3) is 5.04. The molecule has 1 aromatic heterocycles. The second-order valence-corrected chi connectivity index (χ2v) is 8.58. The van der Waals surface area contributed by atoms with Crippen LogP contribution in [0.25, 0.3) is 0 Å². The Morgan fingerprint density at radius 1 is 1.00 bits per heavy atom. The van der Waals surface area contributed by atoms with Crippen molar-refractivity contribution in [3.63, 3.8) is 0 Å². The highest BCUT2D eigenvalue weighted by molar-refractivity contribution is 5.58. The highest BCUT2D eigenvalue weighted by atomic mass is 19.1. The van der Waals surface area contributed by atoms with Gasteiger partial charge in [-0.05, 0) is 50.9 Å². The first-order valence-electron chi connectivity index (χ1n) is 11.3. The Morgan fingerprint density at radius 3 is 2.35 bits per heavy atom. The van der Waals surface area contributed by atoms with Gasteiger partial charge in [-0.1, -0.05) is 25.7 Å². The second kappa shape index (κ2) is 9.74. The highest BCUT2D eigenvalue weighted by Crippen LogP contribution is 2.32. The molecule has 0 radical (unpaired) electrons. The average molecular weight is 430 g/mol. The molecule has 0 amide bonds. The number of hydrazine groups is 1. The predicted octanol–water partition coefficient (Wildman–Crippen LogP) is 3.35. The number of piperidine rings is 1. The highest BCUT2D eigenvalue weighted by Gasteiger charge is 2.25. The summed E-state index contributed by atoms with van der Waals surface area (Å²) in [4.78, 5) is 16.4. The van der Waals surface area contributed by atoms with Crippen LogP contribution in [0.5, 0.6) is 5.75 Å². The molecule has 1 aliphatic heterocycles. The van der Waals surface area contributed by atoms with Gasteiger partial charge in [0.15, 0.2) is 11.6 Å². The number of hydrogen-bond donors (Lipinski definition) is 3. The van der Waals surface area contributed by atoms with E-state index in [-0.39, 0.29) is 11.9 Å². The van der Waals surface area contributed by atoms with Crippen molar-refractivity contribution in [1.29, 1.82) is 0 Å². The van der Waals surface area contributed by atoms with Crippen LogP contribution in [0.4, 0.5) is 22.0 Å². The molecule has 1 saturated carbocycles. The Kier molecular flexibility index (Phi) is 6.82. The van der Waals surface area contributed by atoms with Gasteiger partial charge in [0.25, 0.3) is 0 Å². The zero-order valence-corrected chi connectivity index (χ0v) is 18.1. The van der Waals surface area contributed by atoms with Crippen LogP contribution < -0.4 is 21.1 Å². The monoisotopic (exact) mass is 429 g/mol. The molecular formula is C22H32FN7O. The van der Waals surface area contributed by atoms with E-state index in [9.17, 15) is 9.50 Å². The van der Waals surface area contributed by atoms with Crippen LogP contribution in [-0.4, -0.2) is 46.2 Å². The van der Waals surface area contributed by atoms with Gasteiger partial charge in [0, 0.05) is 25.1 Å². The first-order chi connectivity index (χ1) is 15.0. The lowest BCUT2D eigenvalue weighted by Crippen LogP contribution is -2.42. The summed E-state index contributed by atoms with van der Waals surface area (Å²) < 4.78 is 13.9. The Labute approximate surface area is 182 Å². The number of nitrogens with one attached hydrogen (secondary N) is 1. The fourth-order valence-corrected chi connectivity index (χ4v) is 4.47. The van der Waals surface area contributed by atoms with Gasteiger partial charge in [-0.15, -0.1) is 0 Å². The normalized spacial score (nSPS) is 18.5. The molecule has 168 valence electrons. The fourth-order valence-electron chi connectivity index (χ4n) is 4.47. The smallest absolute Gasteiger partial charge is 0.249 e. The Bertz CT molecular complexity index is 882. The summed E-state index contributed by atoms with van der Waals surface area (Å²) in [6.45, 7) is 1.94. The van der Waals surface area contributed by atoms with Crippen LogP contribution in [0.15, 0.2) is 18.2 Å². The summed E-state index contributed by atoms with van der Waals surface area (Å²) in [6, 6.07) is 4.35. The minimum atomic E-state index is -0.738. The van der Waals surface area contributed by atoms with Crippen molar-refractivity contribution in [2.75, 3.05) is 30.0 Å². The lowest BCUT2D eigenvalue weighted by molar-refractivity contribution is 0.432. The quantitative estimate of drug-likeness (QED) is 0.378. The Hall–Kier alpha value is -2.52. The fraction of sp³-hybridized carbons (Fsp3) is 0.591. The minimum absolute atomic E-state index is 0.273. The lowest BCUT2D eigenvalue weighted by atomic mass is 9.99. The second-order valence-electron chi connectivity index (χ2n) is 8.58. The number of hydrogen-bond acceptors (Lipinski definition) is 8. The van der Waals surface area contributed by atoms with Crippen LogP contribution in [0, 0.1) is 5.82 Å². The summed E-state index contributed by atoms with van der Waals surface area (Å²) in [5.41, 5.74) is 0.365. The van der Waals surface area contributed by atoms with Crippen molar-refractivity contribution in [2.45, 2.75) is 63.3 Å². The van der Waals surface area contributed by atoms with Gasteiger partial charge >= 0.3 is 0 Å². The molecule has 0 bridgehead atoms. The molecule has 2 fully saturated rings. The minimum Gasteiger partial charge on any atom is -0.505 e. The molecular weight excluding hydrogens is 397 g/mol. The number of nitrogens with two attached hydrogens (primary N) is 1. The molecule has 0 atom stereocenters. The predicted molar refractivity (Wildman–Crippen MR) is 119 cm³/mol. The van der Waals surface area contributed by atoms with E-state index < -0.39 is 11.6 Å². The van der Waals surface area contributed by atoms with E-state index in [1.54, 1.807) is 6.07 Å². The largest absolute Gasteiger partial charge is 0.505 e. The lowest BCUT2D eigenvalue weighted by Gasteiger charge is -2.32. The maximum Gasteiger partial charge on any atom is 0.249 e. The standard InChI is InChI=1S/C22H32FN7O/c1-29(16-10-12-25-13-11-16)21-26-20(15-6-4-2-3-5-7-15)27-22(28-21)30(24)17-8-9-19(31)18(23)14-17/h8-9,14-16,25,31H,2-7,10-13,24H2,1H3. The molecule has 1 aromatic carbocycles.